The maximum Gasteiger partial charge on any atom is 0.328 e. The van der Waals surface area contributed by atoms with Gasteiger partial charge < -0.3 is 16.7 Å². The molecule has 72 valence electrons. The third-order valence-electron chi connectivity index (χ3n) is 1.17. The Morgan fingerprint density at radius 2 is 2.08 bits per heavy atom. The fourth-order valence-electron chi connectivity index (χ4n) is 0.407. The van der Waals surface area contributed by atoms with Crippen LogP contribution in [0.1, 0.15) is 6.92 Å². The number of carbonyl (C=O) groups excluding carboxylic acids is 1. The molecular formula is C6H10N4O3. The molecule has 7 heteroatoms. The highest BCUT2D eigenvalue weighted by Crippen LogP contribution is 1.87. The minimum atomic E-state index is -1.11. The lowest BCUT2D eigenvalue weighted by Crippen LogP contribution is -2.26. The molecule has 0 aromatic heterocycles. The first-order valence-electron chi connectivity index (χ1n) is 3.32. The van der Waals surface area contributed by atoms with Gasteiger partial charge in [0.05, 0.1) is 6.21 Å². The fraction of sp³-hybridized carbons (Fsp3) is 0.333. The van der Waals surface area contributed by atoms with Crippen LogP contribution in [0, 0.1) is 0 Å². The first-order valence-corrected chi connectivity index (χ1v) is 3.32. The van der Waals surface area contributed by atoms with Crippen LogP contribution in [-0.2, 0) is 9.59 Å². The van der Waals surface area contributed by atoms with Crippen molar-refractivity contribution in [3.8, 4) is 0 Å². The maximum absolute atomic E-state index is 10.5. The van der Waals surface area contributed by atoms with E-state index in [2.05, 4.69) is 10.1 Å². The second-order valence-corrected chi connectivity index (χ2v) is 2.17. The van der Waals surface area contributed by atoms with E-state index in [0.717, 1.165) is 6.21 Å². The Kier molecular flexibility index (Phi) is 4.14. The predicted molar refractivity (Wildman–Crippen MR) is 46.4 cm³/mol. The zero-order valence-electron chi connectivity index (χ0n) is 6.97. The molecule has 0 aliphatic heterocycles. The number of nitrogens with two attached hydrogens (primary N) is 2. The first kappa shape index (κ1) is 11.1. The van der Waals surface area contributed by atoms with E-state index in [9.17, 15) is 9.59 Å². The van der Waals surface area contributed by atoms with Crippen LogP contribution in [-0.4, -0.2) is 35.0 Å². The second kappa shape index (κ2) is 4.86. The van der Waals surface area contributed by atoms with Crippen molar-refractivity contribution in [2.45, 2.75) is 13.0 Å². The number of hydrogen-bond donors (Lipinski definition) is 3. The van der Waals surface area contributed by atoms with Crippen LogP contribution in [0.5, 0.6) is 0 Å². The molecule has 7 nitrogen and oxygen atoms in total. The van der Waals surface area contributed by atoms with Gasteiger partial charge in [0, 0.05) is 0 Å². The fourth-order valence-corrected chi connectivity index (χ4v) is 0.407. The standard InChI is InChI=1S/C6H10N4O3/c1-3(6(12)13)9-2-4(10-8)5(7)11/h2-3H,8H2,1H3,(H2,7,11)(H,12,13). The highest BCUT2D eigenvalue weighted by molar-refractivity contribution is 6.60. The third kappa shape index (κ3) is 3.85. The Morgan fingerprint density at radius 1 is 1.54 bits per heavy atom. The maximum atomic E-state index is 10.5. The molecule has 0 aliphatic rings. The van der Waals surface area contributed by atoms with E-state index in [4.69, 9.17) is 16.7 Å². The van der Waals surface area contributed by atoms with Gasteiger partial charge in [0.2, 0.25) is 0 Å². The largest absolute Gasteiger partial charge is 0.480 e. The van der Waals surface area contributed by atoms with Crippen LogP contribution in [0.4, 0.5) is 0 Å². The SMILES string of the molecule is CC(N=CC(=NN)C(N)=O)C(=O)O. The minimum absolute atomic E-state index is 0.270. The number of rotatable bonds is 4. The number of aliphatic imine (C=N–C) groups is 1. The highest BCUT2D eigenvalue weighted by Gasteiger charge is 2.09. The molecule has 0 spiro atoms. The van der Waals surface area contributed by atoms with Gasteiger partial charge in [0.1, 0.15) is 6.04 Å². The third-order valence-corrected chi connectivity index (χ3v) is 1.17. The summed E-state index contributed by atoms with van der Waals surface area (Å²) < 4.78 is 0. The number of carbonyl (C=O) groups is 2. The molecule has 0 bridgehead atoms. The Morgan fingerprint density at radius 3 is 2.38 bits per heavy atom. The zero-order valence-corrected chi connectivity index (χ0v) is 6.97. The van der Waals surface area contributed by atoms with Crippen molar-refractivity contribution >= 4 is 23.8 Å². The number of nitrogens with zero attached hydrogens (tertiary/aromatic N) is 2. The van der Waals surface area contributed by atoms with Gasteiger partial charge >= 0.3 is 5.97 Å². The number of hydrazone groups is 1. The van der Waals surface area contributed by atoms with Gasteiger partial charge in [0.25, 0.3) is 5.91 Å². The smallest absolute Gasteiger partial charge is 0.328 e. The van der Waals surface area contributed by atoms with Crippen molar-refractivity contribution in [3.05, 3.63) is 0 Å². The number of carboxylic acids is 1. The van der Waals surface area contributed by atoms with Crippen LogP contribution in [0.25, 0.3) is 0 Å². The molecule has 0 aromatic rings. The molecule has 1 atom stereocenters. The van der Waals surface area contributed by atoms with Crippen LogP contribution in [0.3, 0.4) is 0 Å². The van der Waals surface area contributed by atoms with Gasteiger partial charge in [-0.3, -0.25) is 9.79 Å². The minimum Gasteiger partial charge on any atom is -0.480 e. The quantitative estimate of drug-likeness (QED) is 0.275. The number of aliphatic carboxylic acids is 1. The molecular weight excluding hydrogens is 176 g/mol. The molecule has 0 saturated heterocycles. The monoisotopic (exact) mass is 186 g/mol. The Bertz CT molecular complexity index is 271. The second-order valence-electron chi connectivity index (χ2n) is 2.17. The van der Waals surface area contributed by atoms with Crippen molar-refractivity contribution in [2.24, 2.45) is 21.7 Å². The Hall–Kier alpha value is -1.92. The van der Waals surface area contributed by atoms with Crippen molar-refractivity contribution in [3.63, 3.8) is 0 Å². The average molecular weight is 186 g/mol. The van der Waals surface area contributed by atoms with Gasteiger partial charge in [-0.15, -0.1) is 0 Å². The average Bonchev–Trinajstić information content (AvgIpc) is 2.04. The van der Waals surface area contributed by atoms with E-state index in [0.29, 0.717) is 0 Å². The summed E-state index contributed by atoms with van der Waals surface area (Å²) in [5.74, 6) is 2.81. The molecule has 0 radical (unpaired) electrons. The molecule has 0 rings (SSSR count). The molecule has 1 unspecified atom stereocenters. The van der Waals surface area contributed by atoms with Gasteiger partial charge in [0.15, 0.2) is 5.71 Å². The number of amides is 1. The van der Waals surface area contributed by atoms with Crippen LogP contribution in [0.15, 0.2) is 10.1 Å². The zero-order chi connectivity index (χ0) is 10.4. The summed E-state index contributed by atoms with van der Waals surface area (Å²) in [7, 11) is 0. The highest BCUT2D eigenvalue weighted by atomic mass is 16.4. The van der Waals surface area contributed by atoms with Gasteiger partial charge in [-0.2, -0.15) is 5.10 Å². The summed E-state index contributed by atoms with van der Waals surface area (Å²) in [5.41, 5.74) is 4.55. The number of carboxylic acid groups (broad SMARTS) is 1. The van der Waals surface area contributed by atoms with E-state index in [1.165, 1.54) is 6.92 Å². The van der Waals surface area contributed by atoms with Crippen molar-refractivity contribution in [2.75, 3.05) is 0 Å². The molecule has 5 N–H and O–H groups in total. The lowest BCUT2D eigenvalue weighted by molar-refractivity contribution is -0.138. The Labute approximate surface area is 74.1 Å². The van der Waals surface area contributed by atoms with Gasteiger partial charge in [-0.25, -0.2) is 4.79 Å². The molecule has 0 aliphatic carbocycles. The Balaban J connectivity index is 4.42. The van der Waals surface area contributed by atoms with Crippen LogP contribution in [0.2, 0.25) is 0 Å². The lowest BCUT2D eigenvalue weighted by atomic mass is 10.3. The molecule has 0 heterocycles. The molecule has 0 aromatic carbocycles. The summed E-state index contributed by atoms with van der Waals surface area (Å²) >= 11 is 0. The normalized spacial score (nSPS) is 14.4. The number of hydrogen-bond acceptors (Lipinski definition) is 5. The van der Waals surface area contributed by atoms with E-state index in [-0.39, 0.29) is 5.71 Å². The predicted octanol–water partition coefficient (Wildman–Crippen LogP) is -1.67. The van der Waals surface area contributed by atoms with Crippen molar-refractivity contribution < 1.29 is 14.7 Å². The van der Waals surface area contributed by atoms with E-state index in [1.54, 1.807) is 0 Å². The van der Waals surface area contributed by atoms with E-state index in [1.807, 2.05) is 0 Å². The van der Waals surface area contributed by atoms with E-state index < -0.39 is 17.9 Å². The van der Waals surface area contributed by atoms with Crippen LogP contribution >= 0.6 is 0 Å². The van der Waals surface area contributed by atoms with Gasteiger partial charge in [-0.1, -0.05) is 0 Å². The summed E-state index contributed by atoms with van der Waals surface area (Å²) in [6, 6.07) is -0.962. The van der Waals surface area contributed by atoms with Gasteiger partial charge in [-0.05, 0) is 6.92 Å². The molecule has 0 saturated carbocycles. The van der Waals surface area contributed by atoms with Crippen LogP contribution < -0.4 is 11.6 Å². The summed E-state index contributed by atoms with van der Waals surface area (Å²) in [4.78, 5) is 24.2. The summed E-state index contributed by atoms with van der Waals surface area (Å²) in [6.45, 7) is 1.34. The topological polar surface area (TPSA) is 131 Å². The number of primary amides is 1. The molecule has 0 fully saturated rings. The summed E-state index contributed by atoms with van der Waals surface area (Å²) in [5, 5.41) is 11.4. The molecule has 13 heavy (non-hydrogen) atoms. The van der Waals surface area contributed by atoms with Crippen molar-refractivity contribution in [1.82, 2.24) is 0 Å². The van der Waals surface area contributed by atoms with Crippen molar-refractivity contribution in [1.29, 1.82) is 0 Å². The first-order chi connectivity index (χ1) is 5.99. The summed E-state index contributed by atoms with van der Waals surface area (Å²) in [6.07, 6.45) is 0.932. The lowest BCUT2D eigenvalue weighted by Gasteiger charge is -1.97. The molecule has 1 amide bonds. The van der Waals surface area contributed by atoms with E-state index >= 15 is 0 Å².